The summed E-state index contributed by atoms with van der Waals surface area (Å²) in [6.45, 7) is 3.96. The average Bonchev–Trinajstić information content (AvgIpc) is 3.25. The molecule has 0 radical (unpaired) electrons. The van der Waals surface area contributed by atoms with Crippen molar-refractivity contribution in [2.45, 2.75) is 12.8 Å². The van der Waals surface area contributed by atoms with E-state index in [1.165, 1.54) is 10.6 Å². The lowest BCUT2D eigenvalue weighted by atomic mass is 10.0. The molecule has 0 atom stereocenters. The number of rotatable bonds is 3. The highest BCUT2D eigenvalue weighted by atomic mass is 32.1. The molecular formula is C24H24N2O2S. The van der Waals surface area contributed by atoms with Crippen LogP contribution in [0.1, 0.15) is 21.7 Å². The first-order valence-electron chi connectivity index (χ1n) is 10.2. The number of anilines is 2. The molecule has 1 saturated heterocycles. The molecule has 3 aromatic rings. The predicted molar refractivity (Wildman–Crippen MR) is 119 cm³/mol. The Morgan fingerprint density at radius 1 is 0.931 bits per heavy atom. The van der Waals surface area contributed by atoms with Crippen molar-refractivity contribution < 1.29 is 9.53 Å². The van der Waals surface area contributed by atoms with Crippen LogP contribution in [0.25, 0.3) is 11.1 Å². The third-order valence-electron chi connectivity index (χ3n) is 5.66. The molecule has 5 heteroatoms. The van der Waals surface area contributed by atoms with Crippen molar-refractivity contribution in [2.24, 2.45) is 0 Å². The van der Waals surface area contributed by atoms with Crippen LogP contribution in [0.2, 0.25) is 0 Å². The Hall–Kier alpha value is -2.63. The van der Waals surface area contributed by atoms with Gasteiger partial charge in [0.25, 0.3) is 5.91 Å². The van der Waals surface area contributed by atoms with Gasteiger partial charge in [0.15, 0.2) is 0 Å². The molecule has 4 nitrogen and oxygen atoms in total. The molecule has 1 fully saturated rings. The third kappa shape index (κ3) is 3.56. The van der Waals surface area contributed by atoms with E-state index in [1.54, 1.807) is 11.3 Å². The number of hydrogen-bond acceptors (Lipinski definition) is 4. The van der Waals surface area contributed by atoms with Crippen LogP contribution in [0.4, 0.5) is 10.7 Å². The topological polar surface area (TPSA) is 32.8 Å². The van der Waals surface area contributed by atoms with E-state index in [9.17, 15) is 4.79 Å². The van der Waals surface area contributed by atoms with Gasteiger partial charge in [-0.1, -0.05) is 48.5 Å². The zero-order valence-electron chi connectivity index (χ0n) is 16.3. The summed E-state index contributed by atoms with van der Waals surface area (Å²) in [6, 6.07) is 20.8. The quantitative estimate of drug-likeness (QED) is 0.626. The van der Waals surface area contributed by atoms with E-state index in [1.807, 2.05) is 17.0 Å². The monoisotopic (exact) mass is 404 g/mol. The first kappa shape index (κ1) is 18.4. The summed E-state index contributed by atoms with van der Waals surface area (Å²) in [4.78, 5) is 18.7. The lowest BCUT2D eigenvalue weighted by Crippen LogP contribution is -2.36. The minimum Gasteiger partial charge on any atom is -0.378 e. The number of carbonyl (C=O) groups is 1. The minimum absolute atomic E-state index is 0.110. The van der Waals surface area contributed by atoms with E-state index in [2.05, 4.69) is 53.4 Å². The summed E-state index contributed by atoms with van der Waals surface area (Å²) in [5.41, 5.74) is 4.63. The Labute approximate surface area is 175 Å². The largest absolute Gasteiger partial charge is 0.378 e. The van der Waals surface area contributed by atoms with Crippen LogP contribution in [0, 0.1) is 0 Å². The van der Waals surface area contributed by atoms with Gasteiger partial charge in [-0.3, -0.25) is 4.79 Å². The lowest BCUT2D eigenvalue weighted by molar-refractivity contribution is 0.0989. The van der Waals surface area contributed by atoms with E-state index in [4.69, 9.17) is 4.74 Å². The number of nitrogens with zero attached hydrogens (tertiary/aromatic N) is 2. The molecule has 2 aromatic carbocycles. The second-order valence-corrected chi connectivity index (χ2v) is 8.51. The van der Waals surface area contributed by atoms with Crippen molar-refractivity contribution in [1.29, 1.82) is 0 Å². The number of fused-ring (bicyclic) bond motifs is 1. The second-order valence-electron chi connectivity index (χ2n) is 7.48. The Bertz CT molecular complexity index is 1010. The summed E-state index contributed by atoms with van der Waals surface area (Å²) in [5.74, 6) is 0.110. The van der Waals surface area contributed by atoms with Crippen molar-refractivity contribution in [1.82, 2.24) is 0 Å². The Morgan fingerprint density at radius 2 is 1.69 bits per heavy atom. The fourth-order valence-electron chi connectivity index (χ4n) is 4.19. The summed E-state index contributed by atoms with van der Waals surface area (Å²) < 4.78 is 5.54. The van der Waals surface area contributed by atoms with Crippen molar-refractivity contribution in [3.8, 4) is 11.1 Å². The minimum atomic E-state index is 0.110. The number of ether oxygens (including phenoxy) is 1. The van der Waals surface area contributed by atoms with Gasteiger partial charge < -0.3 is 14.5 Å². The SMILES string of the molecule is O=C(c1cc(-c2ccccc2)c(N2CCOCC2)s1)N1CCCc2ccccc21. The molecule has 0 aliphatic carbocycles. The van der Waals surface area contributed by atoms with Crippen molar-refractivity contribution in [2.75, 3.05) is 42.6 Å². The van der Waals surface area contributed by atoms with Crippen molar-refractivity contribution in [3.63, 3.8) is 0 Å². The van der Waals surface area contributed by atoms with Crippen LogP contribution in [0.3, 0.4) is 0 Å². The molecule has 1 aromatic heterocycles. The molecule has 0 saturated carbocycles. The van der Waals surface area contributed by atoms with Crippen LogP contribution in [-0.2, 0) is 11.2 Å². The smallest absolute Gasteiger partial charge is 0.268 e. The van der Waals surface area contributed by atoms with Gasteiger partial charge in [-0.25, -0.2) is 0 Å². The van der Waals surface area contributed by atoms with Gasteiger partial charge in [-0.15, -0.1) is 11.3 Å². The Morgan fingerprint density at radius 3 is 2.52 bits per heavy atom. The summed E-state index contributed by atoms with van der Waals surface area (Å²) in [5, 5.41) is 1.17. The Kier molecular flexibility index (Phi) is 5.08. The van der Waals surface area contributed by atoms with E-state index < -0.39 is 0 Å². The molecule has 1 amide bonds. The van der Waals surface area contributed by atoms with E-state index >= 15 is 0 Å². The second kappa shape index (κ2) is 8.01. The molecule has 0 N–H and O–H groups in total. The maximum atomic E-state index is 13.5. The number of benzene rings is 2. The number of para-hydroxylation sites is 1. The van der Waals surface area contributed by atoms with E-state index in [0.717, 1.165) is 67.4 Å². The predicted octanol–water partition coefficient (Wildman–Crippen LogP) is 4.84. The van der Waals surface area contributed by atoms with E-state index in [-0.39, 0.29) is 5.91 Å². The highest BCUT2D eigenvalue weighted by Crippen LogP contribution is 2.40. The molecule has 0 unspecified atom stereocenters. The number of hydrogen-bond donors (Lipinski definition) is 0. The van der Waals surface area contributed by atoms with Crippen molar-refractivity contribution in [3.05, 3.63) is 71.1 Å². The zero-order chi connectivity index (χ0) is 19.6. The zero-order valence-corrected chi connectivity index (χ0v) is 17.2. The molecule has 29 heavy (non-hydrogen) atoms. The highest BCUT2D eigenvalue weighted by Gasteiger charge is 2.27. The molecule has 5 rings (SSSR count). The van der Waals surface area contributed by atoms with Crippen molar-refractivity contribution >= 4 is 27.9 Å². The number of aryl methyl sites for hydroxylation is 1. The summed E-state index contributed by atoms with van der Waals surface area (Å²) in [6.07, 6.45) is 2.05. The van der Waals surface area contributed by atoms with Gasteiger partial charge in [0, 0.05) is 30.9 Å². The number of carbonyl (C=O) groups excluding carboxylic acids is 1. The molecule has 0 spiro atoms. The Balaban J connectivity index is 1.54. The fraction of sp³-hybridized carbons (Fsp3) is 0.292. The first-order chi connectivity index (χ1) is 14.3. The normalized spacial score (nSPS) is 16.6. The maximum Gasteiger partial charge on any atom is 0.268 e. The molecule has 148 valence electrons. The fourth-order valence-corrected chi connectivity index (χ4v) is 5.37. The van der Waals surface area contributed by atoms with Gasteiger partial charge >= 0.3 is 0 Å². The third-order valence-corrected chi connectivity index (χ3v) is 6.85. The van der Waals surface area contributed by atoms with Crippen LogP contribution in [0.15, 0.2) is 60.7 Å². The van der Waals surface area contributed by atoms with Gasteiger partial charge in [-0.2, -0.15) is 0 Å². The maximum absolute atomic E-state index is 13.5. The standard InChI is InChI=1S/C24H24N2O2S/c27-23(26-12-6-10-19-9-4-5-11-21(19)26)22-17-20(18-7-2-1-3-8-18)24(29-22)25-13-15-28-16-14-25/h1-5,7-9,11,17H,6,10,12-16H2. The first-order valence-corrected chi connectivity index (χ1v) is 11.0. The number of amides is 1. The van der Waals surface area contributed by atoms with Gasteiger partial charge in [0.2, 0.25) is 0 Å². The highest BCUT2D eigenvalue weighted by molar-refractivity contribution is 7.18. The van der Waals surface area contributed by atoms with Gasteiger partial charge in [-0.05, 0) is 36.1 Å². The lowest BCUT2D eigenvalue weighted by Gasteiger charge is -2.29. The van der Waals surface area contributed by atoms with Crippen LogP contribution in [-0.4, -0.2) is 38.8 Å². The molecular weight excluding hydrogens is 380 g/mol. The van der Waals surface area contributed by atoms with Crippen LogP contribution >= 0.6 is 11.3 Å². The molecule has 2 aliphatic rings. The molecule has 2 aliphatic heterocycles. The molecule has 0 bridgehead atoms. The molecule has 3 heterocycles. The average molecular weight is 405 g/mol. The summed E-state index contributed by atoms with van der Waals surface area (Å²) in [7, 11) is 0. The van der Waals surface area contributed by atoms with Crippen LogP contribution in [0.5, 0.6) is 0 Å². The number of thiophene rings is 1. The van der Waals surface area contributed by atoms with Gasteiger partial charge in [0.05, 0.1) is 23.1 Å². The van der Waals surface area contributed by atoms with Crippen LogP contribution < -0.4 is 9.80 Å². The number of morpholine rings is 1. The summed E-state index contributed by atoms with van der Waals surface area (Å²) >= 11 is 1.62. The van der Waals surface area contributed by atoms with E-state index in [0.29, 0.717) is 0 Å². The van der Waals surface area contributed by atoms with Gasteiger partial charge in [0.1, 0.15) is 0 Å².